The van der Waals surface area contributed by atoms with Gasteiger partial charge in [0.1, 0.15) is 0 Å². The van der Waals surface area contributed by atoms with Gasteiger partial charge in [-0.2, -0.15) is 0 Å². The second-order valence-corrected chi connectivity index (χ2v) is 3.20. The lowest BCUT2D eigenvalue weighted by atomic mass is 10.1. The summed E-state index contributed by atoms with van der Waals surface area (Å²) < 4.78 is 5.46. The Balaban J connectivity index is 1.86. The molecule has 2 N–H and O–H groups in total. The van der Waals surface area contributed by atoms with Crippen LogP contribution in [-0.2, 0) is 4.74 Å². The van der Waals surface area contributed by atoms with E-state index in [2.05, 4.69) is 0 Å². The first-order valence-electron chi connectivity index (χ1n) is 3.73. The van der Waals surface area contributed by atoms with Crippen LogP contribution in [0.1, 0.15) is 19.3 Å². The molecule has 0 amide bonds. The molecule has 1 heterocycles. The molecule has 1 saturated carbocycles. The molecule has 0 aromatic rings. The summed E-state index contributed by atoms with van der Waals surface area (Å²) in [7, 11) is 0. The summed E-state index contributed by atoms with van der Waals surface area (Å²) >= 11 is 0. The van der Waals surface area contributed by atoms with Crippen LogP contribution in [0.2, 0.25) is 0 Å². The van der Waals surface area contributed by atoms with Gasteiger partial charge in [0.15, 0.2) is 0 Å². The van der Waals surface area contributed by atoms with Crippen LogP contribution in [0.4, 0.5) is 0 Å². The van der Waals surface area contributed by atoms with Crippen LogP contribution in [0, 0.1) is 5.92 Å². The maximum absolute atomic E-state index is 5.67. The van der Waals surface area contributed by atoms with Crippen LogP contribution in [0.5, 0.6) is 0 Å². The van der Waals surface area contributed by atoms with Crippen molar-refractivity contribution in [1.29, 1.82) is 0 Å². The molecule has 2 fully saturated rings. The highest BCUT2D eigenvalue weighted by molar-refractivity contribution is 4.88. The molecule has 1 aliphatic heterocycles. The van der Waals surface area contributed by atoms with Crippen LogP contribution in [0.15, 0.2) is 0 Å². The number of nitrogens with two attached hydrogens (primary N) is 1. The first-order chi connectivity index (χ1) is 4.36. The Hall–Kier alpha value is -0.0800. The fourth-order valence-electron chi connectivity index (χ4n) is 1.48. The van der Waals surface area contributed by atoms with Gasteiger partial charge in [0.05, 0.1) is 12.7 Å². The van der Waals surface area contributed by atoms with Crippen molar-refractivity contribution in [3.63, 3.8) is 0 Å². The van der Waals surface area contributed by atoms with E-state index in [-0.39, 0.29) is 0 Å². The Morgan fingerprint density at radius 3 is 2.56 bits per heavy atom. The van der Waals surface area contributed by atoms with E-state index in [0.29, 0.717) is 12.1 Å². The molecule has 52 valence electrons. The number of rotatable bonds is 1. The Labute approximate surface area is 55.4 Å². The van der Waals surface area contributed by atoms with Crippen molar-refractivity contribution in [1.82, 2.24) is 0 Å². The van der Waals surface area contributed by atoms with Crippen LogP contribution < -0.4 is 5.73 Å². The summed E-state index contributed by atoms with van der Waals surface area (Å²) in [6.07, 6.45) is 4.37. The Bertz CT molecular complexity index is 111. The highest BCUT2D eigenvalue weighted by atomic mass is 16.5. The van der Waals surface area contributed by atoms with E-state index in [1.165, 1.54) is 12.8 Å². The van der Waals surface area contributed by atoms with E-state index in [1.807, 2.05) is 0 Å². The molecule has 2 nitrogen and oxygen atoms in total. The summed E-state index contributed by atoms with van der Waals surface area (Å²) in [5.74, 6) is 0.874. The lowest BCUT2D eigenvalue weighted by molar-refractivity contribution is 0.0930. The van der Waals surface area contributed by atoms with Gasteiger partial charge in [-0.05, 0) is 25.2 Å². The Morgan fingerprint density at radius 1 is 1.33 bits per heavy atom. The summed E-state index contributed by atoms with van der Waals surface area (Å²) in [5.41, 5.74) is 5.67. The van der Waals surface area contributed by atoms with Gasteiger partial charge < -0.3 is 10.5 Å². The quantitative estimate of drug-likeness (QED) is 0.557. The molecule has 2 atom stereocenters. The second kappa shape index (κ2) is 1.96. The summed E-state index contributed by atoms with van der Waals surface area (Å²) in [6, 6.07) is 0.329. The molecular formula is C7H13NO. The molecule has 1 aliphatic carbocycles. The van der Waals surface area contributed by atoms with Gasteiger partial charge in [0, 0.05) is 6.04 Å². The van der Waals surface area contributed by atoms with E-state index in [0.717, 1.165) is 18.9 Å². The van der Waals surface area contributed by atoms with Gasteiger partial charge in [-0.1, -0.05) is 0 Å². The van der Waals surface area contributed by atoms with Gasteiger partial charge >= 0.3 is 0 Å². The van der Waals surface area contributed by atoms with E-state index in [1.54, 1.807) is 0 Å². The fraction of sp³-hybridized carbons (Fsp3) is 1.00. The normalized spacial score (nSPS) is 43.7. The second-order valence-electron chi connectivity index (χ2n) is 3.20. The van der Waals surface area contributed by atoms with Crippen molar-refractivity contribution in [2.45, 2.75) is 31.4 Å². The van der Waals surface area contributed by atoms with Gasteiger partial charge in [-0.25, -0.2) is 0 Å². The smallest absolute Gasteiger partial charge is 0.0622 e. The van der Waals surface area contributed by atoms with Crippen LogP contribution in [0.25, 0.3) is 0 Å². The van der Waals surface area contributed by atoms with Gasteiger partial charge in [0.25, 0.3) is 0 Å². The maximum Gasteiger partial charge on any atom is 0.0622 e. The predicted octanol–water partition coefficient (Wildman–Crippen LogP) is 0.513. The monoisotopic (exact) mass is 127 g/mol. The van der Waals surface area contributed by atoms with E-state index < -0.39 is 0 Å². The summed E-state index contributed by atoms with van der Waals surface area (Å²) in [4.78, 5) is 0. The zero-order chi connectivity index (χ0) is 6.27. The van der Waals surface area contributed by atoms with Crippen LogP contribution in [0.3, 0.4) is 0 Å². The molecule has 0 radical (unpaired) electrons. The van der Waals surface area contributed by atoms with E-state index in [9.17, 15) is 0 Å². The molecule has 0 spiro atoms. The number of hydrogen-bond acceptors (Lipinski definition) is 2. The van der Waals surface area contributed by atoms with E-state index in [4.69, 9.17) is 10.5 Å². The first-order valence-corrected chi connectivity index (χ1v) is 3.73. The molecular weight excluding hydrogens is 114 g/mol. The Morgan fingerprint density at radius 2 is 2.11 bits per heavy atom. The van der Waals surface area contributed by atoms with Crippen LogP contribution >= 0.6 is 0 Å². The minimum Gasteiger partial charge on any atom is -0.376 e. The highest BCUT2D eigenvalue weighted by Crippen LogP contribution is 2.38. The van der Waals surface area contributed by atoms with Crippen molar-refractivity contribution in [3.8, 4) is 0 Å². The Kier molecular flexibility index (Phi) is 1.24. The molecule has 2 unspecified atom stereocenters. The lowest BCUT2D eigenvalue weighted by Crippen LogP contribution is -2.19. The van der Waals surface area contributed by atoms with Crippen molar-refractivity contribution >= 4 is 0 Å². The predicted molar refractivity (Wildman–Crippen MR) is 35.1 cm³/mol. The van der Waals surface area contributed by atoms with Gasteiger partial charge in [0.2, 0.25) is 0 Å². The number of ether oxygens (including phenoxy) is 1. The topological polar surface area (TPSA) is 35.2 Å². The van der Waals surface area contributed by atoms with Crippen molar-refractivity contribution in [2.75, 3.05) is 6.61 Å². The van der Waals surface area contributed by atoms with Gasteiger partial charge in [-0.3, -0.25) is 0 Å². The zero-order valence-corrected chi connectivity index (χ0v) is 5.55. The van der Waals surface area contributed by atoms with Crippen LogP contribution in [-0.4, -0.2) is 18.8 Å². The fourth-order valence-corrected chi connectivity index (χ4v) is 1.48. The van der Waals surface area contributed by atoms with E-state index >= 15 is 0 Å². The molecule has 2 aliphatic rings. The zero-order valence-electron chi connectivity index (χ0n) is 5.55. The molecule has 2 heteroatoms. The largest absolute Gasteiger partial charge is 0.376 e. The van der Waals surface area contributed by atoms with Crippen molar-refractivity contribution in [3.05, 3.63) is 0 Å². The minimum absolute atomic E-state index is 0.329. The van der Waals surface area contributed by atoms with Crippen molar-refractivity contribution in [2.24, 2.45) is 11.7 Å². The van der Waals surface area contributed by atoms with Crippen molar-refractivity contribution < 1.29 is 4.74 Å². The average molecular weight is 127 g/mol. The lowest BCUT2D eigenvalue weighted by Gasteiger charge is -2.04. The standard InChI is InChI=1S/C7H13NO/c8-6-3-7(9-4-6)5-1-2-5/h5-7H,1-4,8H2. The first kappa shape index (κ1) is 5.69. The molecule has 2 rings (SSSR count). The third kappa shape index (κ3) is 1.10. The average Bonchev–Trinajstić information content (AvgIpc) is 2.58. The highest BCUT2D eigenvalue weighted by Gasteiger charge is 2.36. The third-order valence-electron chi connectivity index (χ3n) is 2.21. The number of hydrogen-bond donors (Lipinski definition) is 1. The summed E-state index contributed by atoms with van der Waals surface area (Å²) in [6.45, 7) is 0.793. The SMILES string of the molecule is NC1COC(C2CC2)C1. The third-order valence-corrected chi connectivity index (χ3v) is 2.21. The molecule has 0 aromatic carbocycles. The summed E-state index contributed by atoms with van der Waals surface area (Å²) in [5, 5.41) is 0. The molecule has 0 bridgehead atoms. The molecule has 9 heavy (non-hydrogen) atoms. The maximum atomic E-state index is 5.67. The minimum atomic E-state index is 0.329. The van der Waals surface area contributed by atoms with Gasteiger partial charge in [-0.15, -0.1) is 0 Å². The molecule has 1 saturated heterocycles. The molecule has 0 aromatic heterocycles.